The number of hydrogen-bond acceptors (Lipinski definition) is 2. The molecule has 0 aliphatic rings. The lowest BCUT2D eigenvalue weighted by atomic mass is 10.1. The average molecular weight is 284 g/mol. The summed E-state index contributed by atoms with van der Waals surface area (Å²) in [6.45, 7) is 0.558. The van der Waals surface area contributed by atoms with E-state index >= 15 is 0 Å². The predicted octanol–water partition coefficient (Wildman–Crippen LogP) is 2.51. The van der Waals surface area contributed by atoms with Crippen LogP contribution in [0.4, 0.5) is 0 Å². The maximum Gasteiger partial charge on any atom is 0.195 e. The van der Waals surface area contributed by atoms with E-state index in [0.717, 1.165) is 11.5 Å². The number of hydrogen-bond donors (Lipinski definition) is 0. The molecule has 0 N–H and O–H groups in total. The van der Waals surface area contributed by atoms with Crippen LogP contribution in [-0.2, 0) is 4.74 Å². The number of nitrogens with zero attached hydrogens (tertiary/aromatic N) is 3. The molecule has 0 aliphatic heterocycles. The van der Waals surface area contributed by atoms with Crippen LogP contribution in [0.3, 0.4) is 0 Å². The number of halogens is 1. The molecule has 0 saturated carbocycles. The third-order valence-corrected chi connectivity index (χ3v) is 2.94. The van der Waals surface area contributed by atoms with Crippen molar-refractivity contribution in [1.82, 2.24) is 9.80 Å². The van der Waals surface area contributed by atoms with Gasteiger partial charge in [0.05, 0.1) is 6.54 Å². The molecule has 106 valence electrons. The van der Waals surface area contributed by atoms with Crippen LogP contribution < -0.4 is 0 Å². The smallest absolute Gasteiger partial charge is 0.195 e. The second-order valence-electron chi connectivity index (χ2n) is 4.71. The monoisotopic (exact) mass is 283 g/mol. The first-order valence-corrected chi connectivity index (χ1v) is 6.51. The van der Waals surface area contributed by atoms with Gasteiger partial charge >= 0.3 is 0 Å². The Balaban J connectivity index is 2.85. The van der Waals surface area contributed by atoms with Gasteiger partial charge < -0.3 is 14.5 Å². The Bertz CT molecular complexity index is 422. The van der Waals surface area contributed by atoms with E-state index in [2.05, 4.69) is 4.99 Å². The Morgan fingerprint density at radius 2 is 1.89 bits per heavy atom. The van der Waals surface area contributed by atoms with Gasteiger partial charge in [-0.3, -0.25) is 0 Å². The van der Waals surface area contributed by atoms with E-state index in [4.69, 9.17) is 16.3 Å². The Morgan fingerprint density at radius 1 is 1.26 bits per heavy atom. The molecule has 0 spiro atoms. The van der Waals surface area contributed by atoms with E-state index in [9.17, 15) is 0 Å². The number of rotatable bonds is 4. The van der Waals surface area contributed by atoms with Crippen molar-refractivity contribution >= 4 is 17.6 Å². The second kappa shape index (κ2) is 7.36. The lowest BCUT2D eigenvalue weighted by Crippen LogP contribution is -2.35. The van der Waals surface area contributed by atoms with Crippen molar-refractivity contribution in [3.63, 3.8) is 0 Å². The van der Waals surface area contributed by atoms with Gasteiger partial charge in [-0.15, -0.1) is 0 Å². The lowest BCUT2D eigenvalue weighted by Gasteiger charge is -2.23. The van der Waals surface area contributed by atoms with E-state index in [0.29, 0.717) is 11.6 Å². The van der Waals surface area contributed by atoms with Gasteiger partial charge in [-0.1, -0.05) is 23.7 Å². The average Bonchev–Trinajstić information content (AvgIpc) is 2.33. The highest BCUT2D eigenvalue weighted by atomic mass is 35.5. The van der Waals surface area contributed by atoms with E-state index in [1.165, 1.54) is 0 Å². The molecule has 0 radical (unpaired) electrons. The Labute approximate surface area is 120 Å². The summed E-state index contributed by atoms with van der Waals surface area (Å²) in [5.74, 6) is 0.907. The highest BCUT2D eigenvalue weighted by Gasteiger charge is 2.12. The van der Waals surface area contributed by atoms with Crippen LogP contribution in [0, 0.1) is 0 Å². The van der Waals surface area contributed by atoms with Gasteiger partial charge in [0.25, 0.3) is 0 Å². The van der Waals surface area contributed by atoms with Gasteiger partial charge in [-0.2, -0.15) is 0 Å². The maximum atomic E-state index is 6.00. The molecule has 4 nitrogen and oxygen atoms in total. The predicted molar refractivity (Wildman–Crippen MR) is 80.9 cm³/mol. The summed E-state index contributed by atoms with van der Waals surface area (Å²) < 4.78 is 5.50. The fourth-order valence-electron chi connectivity index (χ4n) is 1.87. The van der Waals surface area contributed by atoms with E-state index in [1.807, 2.05) is 62.3 Å². The topological polar surface area (TPSA) is 28.1 Å². The molecule has 0 amide bonds. The first-order chi connectivity index (χ1) is 8.95. The fraction of sp³-hybridized carbons (Fsp3) is 0.500. The normalized spacial score (nSPS) is 11.9. The quantitative estimate of drug-likeness (QED) is 0.628. The van der Waals surface area contributed by atoms with Crippen LogP contribution in [0.1, 0.15) is 11.7 Å². The van der Waals surface area contributed by atoms with Crippen LogP contribution in [0.25, 0.3) is 0 Å². The summed E-state index contributed by atoms with van der Waals surface area (Å²) >= 11 is 6.00. The lowest BCUT2D eigenvalue weighted by molar-refractivity contribution is 0.110. The van der Waals surface area contributed by atoms with Crippen LogP contribution in [0.2, 0.25) is 5.02 Å². The van der Waals surface area contributed by atoms with Crippen LogP contribution in [0.5, 0.6) is 0 Å². The number of aliphatic imine (C=N–C) groups is 1. The third-order valence-electron chi connectivity index (χ3n) is 2.70. The highest BCUT2D eigenvalue weighted by Crippen LogP contribution is 2.20. The minimum atomic E-state index is -0.0893. The molecule has 1 unspecified atom stereocenters. The van der Waals surface area contributed by atoms with Gasteiger partial charge in [-0.05, 0) is 17.7 Å². The first kappa shape index (κ1) is 15.8. The van der Waals surface area contributed by atoms with Gasteiger partial charge in [0.1, 0.15) is 6.10 Å². The van der Waals surface area contributed by atoms with Crippen molar-refractivity contribution in [2.75, 3.05) is 41.8 Å². The highest BCUT2D eigenvalue weighted by molar-refractivity contribution is 6.30. The molecule has 1 atom stereocenters. The molecule has 0 fully saturated rings. The number of benzene rings is 1. The molecular weight excluding hydrogens is 262 g/mol. The Hall–Kier alpha value is -1.26. The van der Waals surface area contributed by atoms with Crippen LogP contribution in [0.15, 0.2) is 29.3 Å². The standard InChI is InChI=1S/C14H22ClN3O/c1-17(2)14(18(3)4)16-10-13(19-5)11-7-6-8-12(15)9-11/h6-9,13H,10H2,1-5H3. The molecule has 1 aromatic carbocycles. The summed E-state index contributed by atoms with van der Waals surface area (Å²) in [7, 11) is 9.58. The van der Waals surface area contributed by atoms with E-state index in [-0.39, 0.29) is 6.10 Å². The third kappa shape index (κ3) is 4.73. The van der Waals surface area contributed by atoms with Crippen molar-refractivity contribution in [3.05, 3.63) is 34.9 Å². The van der Waals surface area contributed by atoms with Crippen LogP contribution in [-0.4, -0.2) is 57.6 Å². The number of methoxy groups -OCH3 is 1. The molecule has 0 saturated heterocycles. The molecule has 1 rings (SSSR count). The molecule has 0 aromatic heterocycles. The zero-order chi connectivity index (χ0) is 14.4. The van der Waals surface area contributed by atoms with E-state index < -0.39 is 0 Å². The summed E-state index contributed by atoms with van der Waals surface area (Å²) in [4.78, 5) is 8.55. The molecular formula is C14H22ClN3O. The van der Waals surface area contributed by atoms with Crippen molar-refractivity contribution in [2.24, 2.45) is 4.99 Å². The SMILES string of the molecule is COC(CN=C(N(C)C)N(C)C)c1cccc(Cl)c1. The first-order valence-electron chi connectivity index (χ1n) is 6.13. The summed E-state index contributed by atoms with van der Waals surface area (Å²) in [6, 6.07) is 7.69. The zero-order valence-corrected chi connectivity index (χ0v) is 13.0. The molecule has 5 heteroatoms. The van der Waals surface area contributed by atoms with Gasteiger partial charge in [0, 0.05) is 40.3 Å². The minimum Gasteiger partial charge on any atom is -0.375 e. The molecule has 0 aliphatic carbocycles. The number of ether oxygens (including phenoxy) is 1. The van der Waals surface area contributed by atoms with Crippen molar-refractivity contribution in [1.29, 1.82) is 0 Å². The molecule has 1 aromatic rings. The summed E-state index contributed by atoms with van der Waals surface area (Å²) in [5, 5.41) is 0.712. The largest absolute Gasteiger partial charge is 0.375 e. The second-order valence-corrected chi connectivity index (χ2v) is 5.15. The maximum absolute atomic E-state index is 6.00. The molecule has 0 heterocycles. The van der Waals surface area contributed by atoms with Gasteiger partial charge in [0.2, 0.25) is 0 Å². The molecule has 0 bridgehead atoms. The van der Waals surface area contributed by atoms with Gasteiger partial charge in [0.15, 0.2) is 5.96 Å². The Morgan fingerprint density at radius 3 is 2.37 bits per heavy atom. The van der Waals surface area contributed by atoms with Gasteiger partial charge in [-0.25, -0.2) is 4.99 Å². The van der Waals surface area contributed by atoms with Crippen molar-refractivity contribution < 1.29 is 4.74 Å². The fourth-order valence-corrected chi connectivity index (χ4v) is 2.07. The number of guanidine groups is 1. The van der Waals surface area contributed by atoms with Crippen LogP contribution >= 0.6 is 11.6 Å². The van der Waals surface area contributed by atoms with E-state index in [1.54, 1.807) is 7.11 Å². The Kier molecular flexibility index (Phi) is 6.12. The molecule has 19 heavy (non-hydrogen) atoms. The zero-order valence-electron chi connectivity index (χ0n) is 12.2. The summed E-state index contributed by atoms with van der Waals surface area (Å²) in [5.41, 5.74) is 1.04. The van der Waals surface area contributed by atoms with Crippen molar-refractivity contribution in [3.8, 4) is 0 Å². The van der Waals surface area contributed by atoms with Crippen molar-refractivity contribution in [2.45, 2.75) is 6.10 Å². The summed E-state index contributed by atoms with van der Waals surface area (Å²) in [6.07, 6.45) is -0.0893. The minimum absolute atomic E-state index is 0.0893.